The predicted molar refractivity (Wildman–Crippen MR) is 147 cm³/mol. The molecule has 0 saturated heterocycles. The van der Waals surface area contributed by atoms with Crippen LogP contribution in [0.3, 0.4) is 0 Å². The Balaban J connectivity index is 1.71. The molecule has 0 aliphatic carbocycles. The second-order valence-corrected chi connectivity index (χ2v) is 10.5. The van der Waals surface area contributed by atoms with Gasteiger partial charge in [0.1, 0.15) is 5.41 Å². The van der Waals surface area contributed by atoms with Crippen LogP contribution in [0.15, 0.2) is 48.7 Å². The van der Waals surface area contributed by atoms with Crippen LogP contribution in [-0.4, -0.2) is 40.3 Å². The first kappa shape index (κ1) is 26.5. The monoisotopic (exact) mass is 499 g/mol. The fourth-order valence-corrected chi connectivity index (χ4v) is 5.02. The third kappa shape index (κ3) is 5.27. The Labute approximate surface area is 220 Å². The summed E-state index contributed by atoms with van der Waals surface area (Å²) in [5.74, 6) is -0.370. The van der Waals surface area contributed by atoms with E-state index in [1.165, 1.54) is 11.1 Å². The van der Waals surface area contributed by atoms with E-state index in [1.807, 2.05) is 45.2 Å². The van der Waals surface area contributed by atoms with Crippen LogP contribution in [0.25, 0.3) is 0 Å². The lowest BCUT2D eigenvalue weighted by Crippen LogP contribution is -2.47. The highest BCUT2D eigenvalue weighted by Crippen LogP contribution is 2.39. The number of anilines is 2. The fourth-order valence-electron chi connectivity index (χ4n) is 5.02. The van der Waals surface area contributed by atoms with Gasteiger partial charge in [0.15, 0.2) is 0 Å². The lowest BCUT2D eigenvalue weighted by Gasteiger charge is -2.27. The molecule has 1 aromatic carbocycles. The molecule has 194 valence electrons. The number of nitrogens with zero attached hydrogens (tertiary/aromatic N) is 5. The second kappa shape index (κ2) is 10.4. The summed E-state index contributed by atoms with van der Waals surface area (Å²) in [6.45, 7) is 14.1. The summed E-state index contributed by atoms with van der Waals surface area (Å²) in [5.41, 5.74) is 6.87. The molecule has 4 rings (SSSR count). The van der Waals surface area contributed by atoms with Crippen molar-refractivity contribution in [2.75, 3.05) is 23.4 Å². The molecule has 2 amide bonds. The Morgan fingerprint density at radius 3 is 2.22 bits per heavy atom. The number of aromatic nitrogens is 2. The Kier molecular flexibility index (Phi) is 7.46. The minimum atomic E-state index is -1.12. The van der Waals surface area contributed by atoms with Crippen molar-refractivity contribution in [2.24, 2.45) is 5.41 Å². The average Bonchev–Trinajstić information content (AvgIpc) is 2.91. The molecule has 7 heteroatoms. The van der Waals surface area contributed by atoms with E-state index < -0.39 is 5.41 Å². The summed E-state index contributed by atoms with van der Waals surface area (Å²) in [7, 11) is 1.76. The van der Waals surface area contributed by atoms with Crippen LogP contribution in [0.4, 0.5) is 11.4 Å². The van der Waals surface area contributed by atoms with Gasteiger partial charge in [-0.1, -0.05) is 18.2 Å². The van der Waals surface area contributed by atoms with Gasteiger partial charge in [0.2, 0.25) is 11.8 Å². The lowest BCUT2D eigenvalue weighted by molar-refractivity contribution is -0.137. The third-order valence-corrected chi connectivity index (χ3v) is 7.27. The largest absolute Gasteiger partial charge is 0.313 e. The summed E-state index contributed by atoms with van der Waals surface area (Å²) < 4.78 is 0. The van der Waals surface area contributed by atoms with E-state index in [9.17, 15) is 9.59 Å². The van der Waals surface area contributed by atoms with E-state index >= 15 is 0 Å². The van der Waals surface area contributed by atoms with Gasteiger partial charge >= 0.3 is 0 Å². The molecule has 7 nitrogen and oxygen atoms in total. The van der Waals surface area contributed by atoms with E-state index in [0.717, 1.165) is 47.1 Å². The number of hydrogen-bond acceptors (Lipinski definition) is 5. The second-order valence-electron chi connectivity index (χ2n) is 10.5. The zero-order valence-electron chi connectivity index (χ0n) is 23.0. The van der Waals surface area contributed by atoms with Crippen molar-refractivity contribution in [3.05, 3.63) is 82.4 Å². The van der Waals surface area contributed by atoms with Crippen LogP contribution in [0, 0.1) is 26.2 Å². The first-order chi connectivity index (χ1) is 17.5. The molecule has 0 unspecified atom stereocenters. The molecular weight excluding hydrogens is 462 g/mol. The number of aryl methyl sites for hydroxylation is 3. The Morgan fingerprint density at radius 2 is 1.57 bits per heavy atom. The standard InChI is InChI=1S/C30H37N5O2/c1-8-35-26-14-12-23(16-27(26)33(7)28(36)30(5,6)29(35)37)17-34(18-24-10-9-15-31-21(24)3)19-25-13-11-20(2)32-22(25)4/h9-16H,8,17-19H2,1-7H3. The first-order valence-corrected chi connectivity index (χ1v) is 12.8. The normalized spacial score (nSPS) is 15.2. The number of carbonyl (C=O) groups excluding carboxylic acids is 2. The molecule has 0 bridgehead atoms. The molecule has 1 aliphatic heterocycles. The van der Waals surface area contributed by atoms with Crippen LogP contribution in [0.5, 0.6) is 0 Å². The van der Waals surface area contributed by atoms with E-state index in [4.69, 9.17) is 0 Å². The number of rotatable bonds is 7. The van der Waals surface area contributed by atoms with Crippen LogP contribution in [0.2, 0.25) is 0 Å². The molecule has 0 radical (unpaired) electrons. The average molecular weight is 500 g/mol. The molecule has 3 heterocycles. The number of fused-ring (bicyclic) bond motifs is 1. The van der Waals surface area contributed by atoms with Gasteiger partial charge in [-0.25, -0.2) is 0 Å². The van der Waals surface area contributed by atoms with Crippen molar-refractivity contribution >= 4 is 23.2 Å². The molecule has 2 aromatic heterocycles. The molecule has 3 aromatic rings. The van der Waals surface area contributed by atoms with E-state index in [2.05, 4.69) is 46.1 Å². The lowest BCUT2D eigenvalue weighted by atomic mass is 9.90. The van der Waals surface area contributed by atoms with Gasteiger partial charge in [0, 0.05) is 56.5 Å². The smallest absolute Gasteiger partial charge is 0.242 e. The quantitative estimate of drug-likeness (QED) is 0.430. The number of benzene rings is 1. The fraction of sp³-hybridized carbons (Fsp3) is 0.400. The van der Waals surface area contributed by atoms with Gasteiger partial charge in [-0.05, 0) is 82.5 Å². The summed E-state index contributed by atoms with van der Waals surface area (Å²) >= 11 is 0. The molecule has 0 atom stereocenters. The van der Waals surface area contributed by atoms with Crippen molar-refractivity contribution in [3.8, 4) is 0 Å². The molecule has 0 N–H and O–H groups in total. The zero-order chi connectivity index (χ0) is 26.9. The van der Waals surface area contributed by atoms with Crippen LogP contribution in [0.1, 0.15) is 54.5 Å². The maximum Gasteiger partial charge on any atom is 0.242 e. The third-order valence-electron chi connectivity index (χ3n) is 7.27. The maximum atomic E-state index is 13.3. The van der Waals surface area contributed by atoms with Crippen molar-refractivity contribution in [3.63, 3.8) is 0 Å². The van der Waals surface area contributed by atoms with Gasteiger partial charge in [-0.2, -0.15) is 0 Å². The predicted octanol–water partition coefficient (Wildman–Crippen LogP) is 4.96. The minimum absolute atomic E-state index is 0.172. The van der Waals surface area contributed by atoms with Gasteiger partial charge in [0.05, 0.1) is 11.4 Å². The van der Waals surface area contributed by atoms with Crippen LogP contribution >= 0.6 is 0 Å². The highest BCUT2D eigenvalue weighted by molar-refractivity contribution is 6.19. The van der Waals surface area contributed by atoms with Gasteiger partial charge in [0.25, 0.3) is 0 Å². The van der Waals surface area contributed by atoms with Gasteiger partial charge in [-0.15, -0.1) is 0 Å². The Hall–Kier alpha value is -3.58. The summed E-state index contributed by atoms with van der Waals surface area (Å²) in [5, 5.41) is 0. The Bertz CT molecular complexity index is 1330. The van der Waals surface area contributed by atoms with Gasteiger partial charge < -0.3 is 9.80 Å². The zero-order valence-corrected chi connectivity index (χ0v) is 23.0. The van der Waals surface area contributed by atoms with Crippen molar-refractivity contribution < 1.29 is 9.59 Å². The summed E-state index contributed by atoms with van der Waals surface area (Å²) in [6.07, 6.45) is 1.82. The molecule has 0 spiro atoms. The maximum absolute atomic E-state index is 13.3. The Morgan fingerprint density at radius 1 is 0.865 bits per heavy atom. The van der Waals surface area contributed by atoms with E-state index in [1.54, 1.807) is 30.7 Å². The molecule has 0 saturated carbocycles. The topological polar surface area (TPSA) is 69.6 Å². The first-order valence-electron chi connectivity index (χ1n) is 12.8. The number of amides is 2. The highest BCUT2D eigenvalue weighted by atomic mass is 16.2. The summed E-state index contributed by atoms with van der Waals surface area (Å²) in [4.78, 5) is 41.4. The number of pyridine rings is 2. The molecule has 1 aliphatic rings. The number of carbonyl (C=O) groups is 2. The molecule has 37 heavy (non-hydrogen) atoms. The molecule has 0 fully saturated rings. The van der Waals surface area contributed by atoms with Crippen molar-refractivity contribution in [2.45, 2.75) is 61.2 Å². The molecular formula is C30H37N5O2. The summed E-state index contributed by atoms with van der Waals surface area (Å²) in [6, 6.07) is 14.4. The number of hydrogen-bond donors (Lipinski definition) is 0. The minimum Gasteiger partial charge on any atom is -0.313 e. The van der Waals surface area contributed by atoms with Crippen molar-refractivity contribution in [1.82, 2.24) is 14.9 Å². The van der Waals surface area contributed by atoms with Crippen LogP contribution < -0.4 is 9.80 Å². The van der Waals surface area contributed by atoms with Crippen LogP contribution in [-0.2, 0) is 29.2 Å². The van der Waals surface area contributed by atoms with Gasteiger partial charge in [-0.3, -0.25) is 24.5 Å². The van der Waals surface area contributed by atoms with E-state index in [0.29, 0.717) is 13.1 Å². The SMILES string of the molecule is CCN1C(=O)C(C)(C)C(=O)N(C)c2cc(CN(Cc3cccnc3C)Cc3ccc(C)nc3C)ccc21. The highest BCUT2D eigenvalue weighted by Gasteiger charge is 2.45. The van der Waals surface area contributed by atoms with Crippen molar-refractivity contribution in [1.29, 1.82) is 0 Å². The van der Waals surface area contributed by atoms with E-state index in [-0.39, 0.29) is 11.8 Å².